The van der Waals surface area contributed by atoms with Crippen LogP contribution >= 0.6 is 34.5 Å². The average Bonchev–Trinajstić information content (AvgIpc) is 3.19. The van der Waals surface area contributed by atoms with Crippen molar-refractivity contribution in [1.29, 1.82) is 0 Å². The van der Waals surface area contributed by atoms with Gasteiger partial charge < -0.3 is 5.32 Å². The lowest BCUT2D eigenvalue weighted by atomic mass is 10.2. The van der Waals surface area contributed by atoms with Gasteiger partial charge >= 0.3 is 0 Å². The van der Waals surface area contributed by atoms with Gasteiger partial charge in [-0.05, 0) is 19.1 Å². The van der Waals surface area contributed by atoms with Gasteiger partial charge in [0.05, 0.1) is 21.4 Å². The summed E-state index contributed by atoms with van der Waals surface area (Å²) in [5, 5.41) is 3.54. The van der Waals surface area contributed by atoms with Gasteiger partial charge in [0.1, 0.15) is 4.88 Å². The van der Waals surface area contributed by atoms with Crippen LogP contribution in [0.25, 0.3) is 16.2 Å². The third-order valence-corrected chi connectivity index (χ3v) is 6.01. The number of carbonyl (C=O) groups excluding carboxylic acids is 1. The lowest BCUT2D eigenvalue weighted by Crippen LogP contribution is -2.12. The van der Waals surface area contributed by atoms with Crippen molar-refractivity contribution in [2.45, 2.75) is 6.92 Å². The molecule has 4 rings (SSSR count). The van der Waals surface area contributed by atoms with Crippen molar-refractivity contribution >= 4 is 51.1 Å². The number of nitrogens with one attached hydrogen (secondary N) is 1. The summed E-state index contributed by atoms with van der Waals surface area (Å²) >= 11 is 13.5. The summed E-state index contributed by atoms with van der Waals surface area (Å²) in [6, 6.07) is 15.1. The number of thiazole rings is 1. The maximum atomic E-state index is 12.7. The molecule has 2 aromatic carbocycles. The van der Waals surface area contributed by atoms with E-state index < -0.39 is 0 Å². The van der Waals surface area contributed by atoms with Gasteiger partial charge in [-0.25, -0.2) is 4.98 Å². The summed E-state index contributed by atoms with van der Waals surface area (Å²) in [4.78, 5) is 18.7. The van der Waals surface area contributed by atoms with E-state index in [1.54, 1.807) is 18.2 Å². The van der Waals surface area contributed by atoms with E-state index in [-0.39, 0.29) is 5.91 Å². The van der Waals surface area contributed by atoms with Crippen LogP contribution in [0.4, 0.5) is 5.69 Å². The number of halogens is 2. The Balaban J connectivity index is 1.67. The van der Waals surface area contributed by atoms with Crippen LogP contribution in [0.2, 0.25) is 10.0 Å². The molecule has 4 aromatic rings. The highest BCUT2D eigenvalue weighted by Crippen LogP contribution is 2.31. The molecule has 0 saturated carbocycles. The van der Waals surface area contributed by atoms with Crippen LogP contribution in [0, 0.1) is 6.92 Å². The second-order valence-electron chi connectivity index (χ2n) is 5.72. The molecule has 0 atom stereocenters. The summed E-state index contributed by atoms with van der Waals surface area (Å²) in [6.07, 6.45) is 1.94. The summed E-state index contributed by atoms with van der Waals surface area (Å²) in [5.74, 6) is -0.233. The normalized spacial score (nSPS) is 11.0. The molecule has 0 aliphatic carbocycles. The van der Waals surface area contributed by atoms with Crippen LogP contribution in [-0.2, 0) is 0 Å². The molecule has 0 spiro atoms. The lowest BCUT2D eigenvalue weighted by molar-refractivity contribution is 0.102. The van der Waals surface area contributed by atoms with Gasteiger partial charge in [0.15, 0.2) is 4.96 Å². The maximum Gasteiger partial charge on any atom is 0.267 e. The van der Waals surface area contributed by atoms with E-state index in [4.69, 9.17) is 23.2 Å². The highest BCUT2D eigenvalue weighted by Gasteiger charge is 2.19. The molecule has 0 aliphatic heterocycles. The minimum atomic E-state index is -0.233. The number of rotatable bonds is 3. The van der Waals surface area contributed by atoms with Crippen LogP contribution in [0.1, 0.15) is 15.4 Å². The molecular weight excluding hydrogens is 389 g/mol. The molecule has 4 nitrogen and oxygen atoms in total. The Labute approximate surface area is 164 Å². The molecule has 0 fully saturated rings. The molecular formula is C19H13Cl2N3OS. The van der Waals surface area contributed by atoms with E-state index in [2.05, 4.69) is 10.3 Å². The Bertz CT molecular complexity index is 1120. The minimum absolute atomic E-state index is 0.233. The molecule has 0 radical (unpaired) electrons. The number of amides is 1. The fourth-order valence-electron chi connectivity index (χ4n) is 2.69. The first-order chi connectivity index (χ1) is 12.5. The first kappa shape index (κ1) is 17.1. The Morgan fingerprint density at radius 1 is 1.12 bits per heavy atom. The number of fused-ring (bicyclic) bond motifs is 1. The molecule has 1 N–H and O–H groups in total. The highest BCUT2D eigenvalue weighted by atomic mass is 35.5. The van der Waals surface area contributed by atoms with Crippen molar-refractivity contribution in [3.63, 3.8) is 0 Å². The Hall–Kier alpha value is -2.34. The van der Waals surface area contributed by atoms with Crippen molar-refractivity contribution in [3.05, 3.63) is 75.3 Å². The molecule has 0 aliphatic rings. The van der Waals surface area contributed by atoms with Gasteiger partial charge in [0, 0.05) is 17.5 Å². The Morgan fingerprint density at radius 3 is 2.62 bits per heavy atom. The van der Waals surface area contributed by atoms with Crippen LogP contribution in [-0.4, -0.2) is 15.3 Å². The highest BCUT2D eigenvalue weighted by molar-refractivity contribution is 7.19. The maximum absolute atomic E-state index is 12.7. The third-order valence-electron chi connectivity index (χ3n) is 4.03. The lowest BCUT2D eigenvalue weighted by Gasteiger charge is -2.07. The fourth-order valence-corrected chi connectivity index (χ4v) is 4.04. The summed E-state index contributed by atoms with van der Waals surface area (Å²) in [6.45, 7) is 1.90. The van der Waals surface area contributed by atoms with E-state index in [1.807, 2.05) is 47.9 Å². The predicted molar refractivity (Wildman–Crippen MR) is 108 cm³/mol. The zero-order valence-corrected chi connectivity index (χ0v) is 16.0. The van der Waals surface area contributed by atoms with Gasteiger partial charge in [0.25, 0.3) is 5.91 Å². The van der Waals surface area contributed by atoms with E-state index in [0.717, 1.165) is 21.9 Å². The molecule has 0 saturated heterocycles. The number of aromatic nitrogens is 2. The number of hydrogen-bond donors (Lipinski definition) is 1. The average molecular weight is 402 g/mol. The molecule has 130 valence electrons. The first-order valence-electron chi connectivity index (χ1n) is 7.84. The van der Waals surface area contributed by atoms with Crippen molar-refractivity contribution in [2.75, 3.05) is 5.32 Å². The van der Waals surface area contributed by atoms with E-state index >= 15 is 0 Å². The summed E-state index contributed by atoms with van der Waals surface area (Å²) in [7, 11) is 0. The van der Waals surface area contributed by atoms with Gasteiger partial charge in [-0.15, -0.1) is 0 Å². The van der Waals surface area contributed by atoms with Crippen molar-refractivity contribution < 1.29 is 4.79 Å². The number of benzene rings is 2. The predicted octanol–water partition coefficient (Wildman–Crippen LogP) is 5.93. The summed E-state index contributed by atoms with van der Waals surface area (Å²) < 4.78 is 1.93. The zero-order chi connectivity index (χ0) is 18.3. The smallest absolute Gasteiger partial charge is 0.267 e. The van der Waals surface area contributed by atoms with Crippen molar-refractivity contribution in [1.82, 2.24) is 9.38 Å². The van der Waals surface area contributed by atoms with Crippen LogP contribution in [0.5, 0.6) is 0 Å². The SMILES string of the molecule is Cc1c(C(=O)Nc2cccc(Cl)c2Cl)sc2nc(-c3ccccc3)cn12. The van der Waals surface area contributed by atoms with E-state index in [9.17, 15) is 4.79 Å². The fraction of sp³-hybridized carbons (Fsp3) is 0.0526. The Kier molecular flexibility index (Phi) is 4.44. The number of hydrogen-bond acceptors (Lipinski definition) is 3. The number of nitrogens with zero attached hydrogens (tertiary/aromatic N) is 2. The zero-order valence-electron chi connectivity index (χ0n) is 13.7. The first-order valence-corrected chi connectivity index (χ1v) is 9.41. The third kappa shape index (κ3) is 2.98. The second kappa shape index (κ2) is 6.76. The Morgan fingerprint density at radius 2 is 1.88 bits per heavy atom. The standard InChI is InChI=1S/C19H13Cl2N3OS/c1-11-17(18(25)22-14-9-5-8-13(20)16(14)21)26-19-23-15(10-24(11)19)12-6-3-2-4-7-12/h2-10H,1H3,(H,22,25). The molecule has 1 amide bonds. The molecule has 0 bridgehead atoms. The molecule has 7 heteroatoms. The van der Waals surface area contributed by atoms with E-state index in [1.165, 1.54) is 11.3 Å². The summed E-state index contributed by atoms with van der Waals surface area (Å²) in [5.41, 5.74) is 3.24. The van der Waals surface area contributed by atoms with E-state index in [0.29, 0.717) is 20.6 Å². The number of imidazole rings is 1. The molecule has 2 aromatic heterocycles. The topological polar surface area (TPSA) is 46.4 Å². The molecule has 0 unspecified atom stereocenters. The van der Waals surface area contributed by atoms with Gasteiger partial charge in [-0.2, -0.15) is 0 Å². The van der Waals surface area contributed by atoms with Gasteiger partial charge in [0.2, 0.25) is 0 Å². The second-order valence-corrected chi connectivity index (χ2v) is 7.48. The number of anilines is 1. The number of carbonyl (C=O) groups is 1. The molecule has 2 heterocycles. The number of aryl methyl sites for hydroxylation is 1. The quantitative estimate of drug-likeness (QED) is 0.462. The van der Waals surface area contributed by atoms with Crippen molar-refractivity contribution in [3.8, 4) is 11.3 Å². The van der Waals surface area contributed by atoms with Gasteiger partial charge in [-0.1, -0.05) is 70.9 Å². The minimum Gasteiger partial charge on any atom is -0.320 e. The monoisotopic (exact) mass is 401 g/mol. The van der Waals surface area contributed by atoms with Crippen molar-refractivity contribution in [2.24, 2.45) is 0 Å². The van der Waals surface area contributed by atoms with Crippen LogP contribution in [0.3, 0.4) is 0 Å². The van der Waals surface area contributed by atoms with Crippen LogP contribution < -0.4 is 5.32 Å². The molecule has 26 heavy (non-hydrogen) atoms. The van der Waals surface area contributed by atoms with Gasteiger partial charge in [-0.3, -0.25) is 9.20 Å². The largest absolute Gasteiger partial charge is 0.320 e. The van der Waals surface area contributed by atoms with Crippen LogP contribution in [0.15, 0.2) is 54.7 Å².